The molecule has 0 unspecified atom stereocenters. The molecule has 0 atom stereocenters. The third kappa shape index (κ3) is 4.02. The van der Waals surface area contributed by atoms with Gasteiger partial charge in [-0.1, -0.05) is 26.7 Å². The van der Waals surface area contributed by atoms with Crippen LogP contribution in [-0.4, -0.2) is 28.9 Å². The lowest BCUT2D eigenvalue weighted by Gasteiger charge is -2.22. The topological polar surface area (TPSA) is 53.2 Å². The number of carbonyl (C=O) groups is 1. The second-order valence-electron chi connectivity index (χ2n) is 4.41. The second-order valence-corrected chi connectivity index (χ2v) is 4.41. The van der Waals surface area contributed by atoms with Crippen LogP contribution in [0.3, 0.4) is 0 Å². The fourth-order valence-electron chi connectivity index (χ4n) is 1.77. The van der Waals surface area contributed by atoms with Crippen LogP contribution in [0.1, 0.15) is 49.9 Å². The molecule has 1 amide bonds. The van der Waals surface area contributed by atoms with Crippen molar-refractivity contribution in [3.05, 3.63) is 34.2 Å². The average Bonchev–Trinajstić information content (AvgIpc) is 2.39. The average molecular weight is 250 g/mol. The SMILES string of the molecule is CCCCN(CCCC)C(=O)c1ccc[nH]c1=O. The smallest absolute Gasteiger partial charge is 0.260 e. The predicted octanol–water partition coefficient (Wildman–Crippen LogP) is 2.42. The summed E-state index contributed by atoms with van der Waals surface area (Å²) < 4.78 is 0. The van der Waals surface area contributed by atoms with E-state index in [1.165, 1.54) is 0 Å². The highest BCUT2D eigenvalue weighted by atomic mass is 16.2. The van der Waals surface area contributed by atoms with E-state index in [4.69, 9.17) is 0 Å². The first-order valence-electron chi connectivity index (χ1n) is 6.67. The van der Waals surface area contributed by atoms with Gasteiger partial charge in [-0.3, -0.25) is 9.59 Å². The lowest BCUT2D eigenvalue weighted by molar-refractivity contribution is 0.0749. The molecule has 1 heterocycles. The molecule has 0 saturated heterocycles. The molecule has 18 heavy (non-hydrogen) atoms. The number of hydrogen-bond donors (Lipinski definition) is 1. The Kier molecular flexibility index (Phi) is 6.19. The van der Waals surface area contributed by atoms with Crippen molar-refractivity contribution in [3.63, 3.8) is 0 Å². The van der Waals surface area contributed by atoms with Crippen LogP contribution in [0.25, 0.3) is 0 Å². The quantitative estimate of drug-likeness (QED) is 0.808. The molecule has 1 aromatic heterocycles. The molecule has 1 rings (SSSR count). The van der Waals surface area contributed by atoms with Gasteiger partial charge in [-0.15, -0.1) is 0 Å². The normalized spacial score (nSPS) is 10.3. The molecule has 4 heteroatoms. The van der Waals surface area contributed by atoms with E-state index in [0.717, 1.165) is 38.8 Å². The monoisotopic (exact) mass is 250 g/mol. The number of rotatable bonds is 7. The summed E-state index contributed by atoms with van der Waals surface area (Å²) in [6.45, 7) is 5.64. The summed E-state index contributed by atoms with van der Waals surface area (Å²) in [5.74, 6) is -0.154. The Bertz CT molecular complexity index is 418. The van der Waals surface area contributed by atoms with E-state index >= 15 is 0 Å². The molecule has 0 aromatic carbocycles. The summed E-state index contributed by atoms with van der Waals surface area (Å²) in [7, 11) is 0. The van der Waals surface area contributed by atoms with Crippen molar-refractivity contribution in [1.82, 2.24) is 9.88 Å². The van der Waals surface area contributed by atoms with Crippen molar-refractivity contribution < 1.29 is 4.79 Å². The Balaban J connectivity index is 2.81. The summed E-state index contributed by atoms with van der Waals surface area (Å²) in [6, 6.07) is 3.28. The van der Waals surface area contributed by atoms with Crippen LogP contribution in [0, 0.1) is 0 Å². The van der Waals surface area contributed by atoms with Gasteiger partial charge in [-0.25, -0.2) is 0 Å². The summed E-state index contributed by atoms with van der Waals surface area (Å²) in [4.78, 5) is 28.2. The highest BCUT2D eigenvalue weighted by Gasteiger charge is 2.17. The molecule has 4 nitrogen and oxygen atoms in total. The van der Waals surface area contributed by atoms with E-state index < -0.39 is 0 Å². The van der Waals surface area contributed by atoms with Crippen LogP contribution < -0.4 is 5.56 Å². The summed E-state index contributed by atoms with van der Waals surface area (Å²) in [5, 5.41) is 0. The second kappa shape index (κ2) is 7.69. The zero-order valence-electron chi connectivity index (χ0n) is 11.2. The number of aromatic nitrogens is 1. The molecule has 0 spiro atoms. The molecule has 1 aromatic rings. The molecular weight excluding hydrogens is 228 g/mol. The molecular formula is C14H22N2O2. The van der Waals surface area contributed by atoms with Crippen molar-refractivity contribution >= 4 is 5.91 Å². The molecule has 0 radical (unpaired) electrons. The lowest BCUT2D eigenvalue weighted by Crippen LogP contribution is -2.36. The Hall–Kier alpha value is -1.58. The van der Waals surface area contributed by atoms with Gasteiger partial charge in [0.2, 0.25) is 0 Å². The highest BCUT2D eigenvalue weighted by Crippen LogP contribution is 2.04. The van der Waals surface area contributed by atoms with Crippen molar-refractivity contribution in [2.75, 3.05) is 13.1 Å². The predicted molar refractivity (Wildman–Crippen MR) is 72.8 cm³/mol. The molecule has 0 fully saturated rings. The number of amides is 1. The van der Waals surface area contributed by atoms with E-state index in [1.54, 1.807) is 23.2 Å². The molecule has 0 saturated carbocycles. The fourth-order valence-corrected chi connectivity index (χ4v) is 1.77. The van der Waals surface area contributed by atoms with Gasteiger partial charge < -0.3 is 9.88 Å². The maximum absolute atomic E-state index is 12.3. The molecule has 0 aliphatic rings. The molecule has 0 aliphatic heterocycles. The van der Waals surface area contributed by atoms with Crippen molar-refractivity contribution in [1.29, 1.82) is 0 Å². The lowest BCUT2D eigenvalue weighted by atomic mass is 10.2. The fraction of sp³-hybridized carbons (Fsp3) is 0.571. The number of carbonyl (C=O) groups excluding carboxylic acids is 1. The minimum Gasteiger partial charge on any atom is -0.338 e. The number of H-pyrrole nitrogens is 1. The summed E-state index contributed by atoms with van der Waals surface area (Å²) in [6.07, 6.45) is 5.57. The van der Waals surface area contributed by atoms with Gasteiger partial charge in [0.05, 0.1) is 0 Å². The minimum atomic E-state index is -0.305. The van der Waals surface area contributed by atoms with Gasteiger partial charge in [0, 0.05) is 19.3 Å². The minimum absolute atomic E-state index is 0.154. The van der Waals surface area contributed by atoms with Crippen LogP contribution in [0.15, 0.2) is 23.1 Å². The molecule has 0 bridgehead atoms. The van der Waals surface area contributed by atoms with E-state index in [0.29, 0.717) is 0 Å². The van der Waals surface area contributed by atoms with E-state index in [1.807, 2.05) is 0 Å². The largest absolute Gasteiger partial charge is 0.338 e. The number of unbranched alkanes of at least 4 members (excludes halogenated alkanes) is 2. The standard InChI is InChI=1S/C14H22N2O2/c1-3-5-10-16(11-6-4-2)14(18)12-8-7-9-15-13(12)17/h7-9H,3-6,10-11H2,1-2H3,(H,15,17). The summed E-state index contributed by atoms with van der Waals surface area (Å²) >= 11 is 0. The van der Waals surface area contributed by atoms with Crippen molar-refractivity contribution in [3.8, 4) is 0 Å². The highest BCUT2D eigenvalue weighted by molar-refractivity contribution is 5.93. The first-order valence-corrected chi connectivity index (χ1v) is 6.67. The number of hydrogen-bond acceptors (Lipinski definition) is 2. The Morgan fingerprint density at radius 1 is 1.22 bits per heavy atom. The van der Waals surface area contributed by atoms with Crippen molar-refractivity contribution in [2.45, 2.75) is 39.5 Å². The van der Waals surface area contributed by atoms with E-state index in [2.05, 4.69) is 18.8 Å². The molecule has 0 aliphatic carbocycles. The first kappa shape index (κ1) is 14.5. The molecule has 100 valence electrons. The van der Waals surface area contributed by atoms with Crippen LogP contribution in [0.5, 0.6) is 0 Å². The number of nitrogens with zero attached hydrogens (tertiary/aromatic N) is 1. The zero-order chi connectivity index (χ0) is 13.4. The van der Waals surface area contributed by atoms with Crippen LogP contribution in [-0.2, 0) is 0 Å². The molecule has 1 N–H and O–H groups in total. The maximum atomic E-state index is 12.3. The Labute approximate surface area is 108 Å². The third-order valence-electron chi connectivity index (χ3n) is 2.90. The van der Waals surface area contributed by atoms with E-state index in [9.17, 15) is 9.59 Å². The van der Waals surface area contributed by atoms with Crippen molar-refractivity contribution in [2.24, 2.45) is 0 Å². The van der Waals surface area contributed by atoms with Gasteiger partial charge >= 0.3 is 0 Å². The van der Waals surface area contributed by atoms with Crippen LogP contribution >= 0.6 is 0 Å². The van der Waals surface area contributed by atoms with Crippen LogP contribution in [0.2, 0.25) is 0 Å². The van der Waals surface area contributed by atoms with Gasteiger partial charge in [0.1, 0.15) is 5.56 Å². The van der Waals surface area contributed by atoms with Gasteiger partial charge in [0.25, 0.3) is 11.5 Å². The number of aromatic amines is 1. The van der Waals surface area contributed by atoms with Gasteiger partial charge in [-0.2, -0.15) is 0 Å². The first-order chi connectivity index (χ1) is 8.70. The Morgan fingerprint density at radius 3 is 2.33 bits per heavy atom. The van der Waals surface area contributed by atoms with Gasteiger partial charge in [0.15, 0.2) is 0 Å². The summed E-state index contributed by atoms with van der Waals surface area (Å²) in [5.41, 5.74) is -0.0646. The number of nitrogens with one attached hydrogen (secondary N) is 1. The zero-order valence-corrected chi connectivity index (χ0v) is 11.2. The van der Waals surface area contributed by atoms with E-state index in [-0.39, 0.29) is 17.0 Å². The third-order valence-corrected chi connectivity index (χ3v) is 2.90. The number of pyridine rings is 1. The van der Waals surface area contributed by atoms with Gasteiger partial charge in [-0.05, 0) is 25.0 Å². The van der Waals surface area contributed by atoms with Crippen LogP contribution in [0.4, 0.5) is 0 Å². The Morgan fingerprint density at radius 2 is 1.83 bits per heavy atom. The maximum Gasteiger partial charge on any atom is 0.260 e.